The van der Waals surface area contributed by atoms with Crippen LogP contribution in [-0.4, -0.2) is 36.0 Å². The minimum atomic E-state index is 0.279. The average molecular weight is 310 g/mol. The smallest absolute Gasteiger partial charge is 0.0954 e. The fourth-order valence-electron chi connectivity index (χ4n) is 2.95. The van der Waals surface area contributed by atoms with Crippen molar-refractivity contribution in [1.29, 1.82) is 0 Å². The molecule has 3 rings (SSSR count). The Morgan fingerprint density at radius 1 is 1.22 bits per heavy atom. The van der Waals surface area contributed by atoms with Crippen LogP contribution in [0.1, 0.15) is 30.1 Å². The molecule has 0 amide bonds. The zero-order valence-electron chi connectivity index (χ0n) is 10.6. The summed E-state index contributed by atoms with van der Waals surface area (Å²) >= 11 is 3.71. The number of likely N-dealkylation sites (tertiary alicyclic amines) is 1. The first-order valence-electron chi connectivity index (χ1n) is 6.89. The Balaban J connectivity index is 1.67. The number of hydrogen-bond donors (Lipinski definition) is 0. The Morgan fingerprint density at radius 2 is 2.00 bits per heavy atom. The van der Waals surface area contributed by atoms with Gasteiger partial charge in [-0.2, -0.15) is 0 Å². The molecule has 1 saturated heterocycles. The normalized spacial score (nSPS) is 25.9. The SMILES string of the molecule is BrC1CCN(CC2OCCc3ccccc32)CC1. The number of hydrogen-bond acceptors (Lipinski definition) is 2. The maximum Gasteiger partial charge on any atom is 0.0954 e. The first kappa shape index (κ1) is 12.6. The van der Waals surface area contributed by atoms with Gasteiger partial charge in [0.1, 0.15) is 0 Å². The third kappa shape index (κ3) is 2.79. The highest BCUT2D eigenvalue weighted by atomic mass is 79.9. The molecule has 1 aromatic rings. The Hall–Kier alpha value is -0.380. The van der Waals surface area contributed by atoms with E-state index in [4.69, 9.17) is 4.74 Å². The highest BCUT2D eigenvalue weighted by Gasteiger charge is 2.25. The molecule has 0 spiro atoms. The second kappa shape index (κ2) is 5.72. The molecule has 98 valence electrons. The quantitative estimate of drug-likeness (QED) is 0.778. The van der Waals surface area contributed by atoms with Gasteiger partial charge in [0.05, 0.1) is 12.7 Å². The van der Waals surface area contributed by atoms with Crippen LogP contribution in [0.15, 0.2) is 24.3 Å². The van der Waals surface area contributed by atoms with Gasteiger partial charge < -0.3 is 9.64 Å². The summed E-state index contributed by atoms with van der Waals surface area (Å²) in [5, 5.41) is 0. The Morgan fingerprint density at radius 3 is 2.83 bits per heavy atom. The molecule has 2 heterocycles. The van der Waals surface area contributed by atoms with E-state index in [1.807, 2.05) is 0 Å². The van der Waals surface area contributed by atoms with Gasteiger partial charge in [0.2, 0.25) is 0 Å². The fraction of sp³-hybridized carbons (Fsp3) is 0.600. The molecular formula is C15H20BrNO. The predicted octanol–water partition coefficient (Wildman–Crippen LogP) is 3.16. The van der Waals surface area contributed by atoms with Crippen LogP contribution < -0.4 is 0 Å². The van der Waals surface area contributed by atoms with Crippen molar-refractivity contribution in [2.24, 2.45) is 0 Å². The van der Waals surface area contributed by atoms with E-state index in [0.717, 1.165) is 19.6 Å². The van der Waals surface area contributed by atoms with Crippen LogP contribution in [0.3, 0.4) is 0 Å². The van der Waals surface area contributed by atoms with Crippen molar-refractivity contribution in [3.8, 4) is 0 Å². The highest BCUT2D eigenvalue weighted by Crippen LogP contribution is 2.29. The number of ether oxygens (including phenoxy) is 1. The Bertz CT molecular complexity index is 401. The van der Waals surface area contributed by atoms with Crippen molar-refractivity contribution in [3.05, 3.63) is 35.4 Å². The minimum absolute atomic E-state index is 0.279. The van der Waals surface area contributed by atoms with Gasteiger partial charge in [-0.05, 0) is 43.5 Å². The molecular weight excluding hydrogens is 290 g/mol. The lowest BCUT2D eigenvalue weighted by atomic mass is 9.97. The van der Waals surface area contributed by atoms with E-state index >= 15 is 0 Å². The first-order chi connectivity index (χ1) is 8.83. The summed E-state index contributed by atoms with van der Waals surface area (Å²) in [5.74, 6) is 0. The lowest BCUT2D eigenvalue weighted by Gasteiger charge is -2.34. The van der Waals surface area contributed by atoms with Crippen molar-refractivity contribution in [2.75, 3.05) is 26.2 Å². The molecule has 1 unspecified atom stereocenters. The zero-order chi connectivity index (χ0) is 12.4. The molecule has 0 aromatic heterocycles. The van der Waals surface area contributed by atoms with Gasteiger partial charge in [0.15, 0.2) is 0 Å². The van der Waals surface area contributed by atoms with Crippen molar-refractivity contribution < 1.29 is 4.74 Å². The summed E-state index contributed by atoms with van der Waals surface area (Å²) < 4.78 is 5.98. The monoisotopic (exact) mass is 309 g/mol. The lowest BCUT2D eigenvalue weighted by Crippen LogP contribution is -2.38. The summed E-state index contributed by atoms with van der Waals surface area (Å²) in [7, 11) is 0. The van der Waals surface area contributed by atoms with Gasteiger partial charge in [0.25, 0.3) is 0 Å². The van der Waals surface area contributed by atoms with E-state index < -0.39 is 0 Å². The average Bonchev–Trinajstić information content (AvgIpc) is 2.42. The molecule has 18 heavy (non-hydrogen) atoms. The first-order valence-corrected chi connectivity index (χ1v) is 7.80. The van der Waals surface area contributed by atoms with Crippen LogP contribution >= 0.6 is 15.9 Å². The van der Waals surface area contributed by atoms with Crippen molar-refractivity contribution in [3.63, 3.8) is 0 Å². The van der Waals surface area contributed by atoms with Crippen LogP contribution in [0, 0.1) is 0 Å². The van der Waals surface area contributed by atoms with E-state index in [1.165, 1.54) is 37.1 Å². The van der Waals surface area contributed by atoms with E-state index in [-0.39, 0.29) is 6.10 Å². The van der Waals surface area contributed by atoms with Gasteiger partial charge >= 0.3 is 0 Å². The molecule has 0 bridgehead atoms. The van der Waals surface area contributed by atoms with E-state index in [0.29, 0.717) is 4.83 Å². The van der Waals surface area contributed by atoms with Crippen molar-refractivity contribution in [1.82, 2.24) is 4.90 Å². The zero-order valence-corrected chi connectivity index (χ0v) is 12.2. The molecule has 3 heteroatoms. The number of piperidine rings is 1. The Kier molecular flexibility index (Phi) is 4.02. The van der Waals surface area contributed by atoms with Crippen LogP contribution in [0.5, 0.6) is 0 Å². The number of rotatable bonds is 2. The van der Waals surface area contributed by atoms with Gasteiger partial charge in [0, 0.05) is 11.4 Å². The van der Waals surface area contributed by atoms with E-state index in [1.54, 1.807) is 0 Å². The second-order valence-electron chi connectivity index (χ2n) is 5.28. The summed E-state index contributed by atoms with van der Waals surface area (Å²) in [5.41, 5.74) is 2.88. The number of fused-ring (bicyclic) bond motifs is 1. The van der Waals surface area contributed by atoms with Gasteiger partial charge in [-0.25, -0.2) is 0 Å². The van der Waals surface area contributed by atoms with Gasteiger partial charge in [-0.3, -0.25) is 0 Å². The molecule has 0 radical (unpaired) electrons. The third-order valence-electron chi connectivity index (χ3n) is 4.03. The van der Waals surface area contributed by atoms with E-state index in [9.17, 15) is 0 Å². The molecule has 1 fully saturated rings. The topological polar surface area (TPSA) is 12.5 Å². The molecule has 1 aromatic carbocycles. The molecule has 0 saturated carbocycles. The largest absolute Gasteiger partial charge is 0.372 e. The maximum absolute atomic E-state index is 5.98. The molecule has 2 aliphatic rings. The summed E-state index contributed by atoms with van der Waals surface area (Å²) in [6.45, 7) is 4.31. The molecule has 0 N–H and O–H groups in total. The molecule has 2 aliphatic heterocycles. The predicted molar refractivity (Wildman–Crippen MR) is 77.2 cm³/mol. The van der Waals surface area contributed by atoms with Crippen LogP contribution in [-0.2, 0) is 11.2 Å². The van der Waals surface area contributed by atoms with Crippen LogP contribution in [0.4, 0.5) is 0 Å². The van der Waals surface area contributed by atoms with Crippen LogP contribution in [0.2, 0.25) is 0 Å². The van der Waals surface area contributed by atoms with Gasteiger partial charge in [-0.1, -0.05) is 40.2 Å². The van der Waals surface area contributed by atoms with Crippen LogP contribution in [0.25, 0.3) is 0 Å². The number of alkyl halides is 1. The Labute approximate surface area is 117 Å². The summed E-state index contributed by atoms with van der Waals surface area (Å²) in [6, 6.07) is 8.74. The number of benzene rings is 1. The molecule has 2 nitrogen and oxygen atoms in total. The van der Waals surface area contributed by atoms with Crippen molar-refractivity contribution in [2.45, 2.75) is 30.2 Å². The molecule has 0 aliphatic carbocycles. The maximum atomic E-state index is 5.98. The summed E-state index contributed by atoms with van der Waals surface area (Å²) in [6.07, 6.45) is 3.86. The lowest BCUT2D eigenvalue weighted by molar-refractivity contribution is 0.0126. The van der Waals surface area contributed by atoms with E-state index in [2.05, 4.69) is 45.1 Å². The standard InChI is InChI=1S/C15H20BrNO/c16-13-5-8-17(9-6-13)11-15-14-4-2-1-3-12(14)7-10-18-15/h1-4,13,15H,5-11H2. The third-order valence-corrected chi connectivity index (χ3v) is 4.95. The highest BCUT2D eigenvalue weighted by molar-refractivity contribution is 9.09. The number of halogens is 1. The summed E-state index contributed by atoms with van der Waals surface area (Å²) in [4.78, 5) is 3.26. The number of nitrogens with zero attached hydrogens (tertiary/aromatic N) is 1. The second-order valence-corrected chi connectivity index (χ2v) is 6.58. The molecule has 1 atom stereocenters. The van der Waals surface area contributed by atoms with Gasteiger partial charge in [-0.15, -0.1) is 0 Å². The minimum Gasteiger partial charge on any atom is -0.372 e. The fourth-order valence-corrected chi connectivity index (χ4v) is 3.36. The van der Waals surface area contributed by atoms with Crippen molar-refractivity contribution >= 4 is 15.9 Å².